The molecular formula is C23H26N2O4. The molecule has 0 radical (unpaired) electrons. The van der Waals surface area contributed by atoms with Gasteiger partial charge in [0, 0.05) is 0 Å². The third kappa shape index (κ3) is 3.72. The van der Waals surface area contributed by atoms with Gasteiger partial charge in [-0.15, -0.1) is 0 Å². The average molecular weight is 394 g/mol. The van der Waals surface area contributed by atoms with Gasteiger partial charge in [0.15, 0.2) is 0 Å². The third-order valence-corrected chi connectivity index (χ3v) is 5.56. The molecule has 2 amide bonds. The number of hydrogen-bond donors (Lipinski definition) is 0. The van der Waals surface area contributed by atoms with E-state index in [9.17, 15) is 9.59 Å². The number of hydrogen-bond acceptors (Lipinski definition) is 5. The van der Waals surface area contributed by atoms with Crippen molar-refractivity contribution in [1.29, 1.82) is 0 Å². The first-order valence-corrected chi connectivity index (χ1v) is 10.2. The Morgan fingerprint density at radius 2 is 1.83 bits per heavy atom. The molecule has 0 spiro atoms. The van der Waals surface area contributed by atoms with Crippen LogP contribution in [0.3, 0.4) is 0 Å². The number of amides is 2. The van der Waals surface area contributed by atoms with Gasteiger partial charge >= 0.3 is 6.09 Å². The first kappa shape index (κ1) is 19.5. The summed E-state index contributed by atoms with van der Waals surface area (Å²) in [6.45, 7) is 4.64. The number of cyclic esters (lactones) is 1. The van der Waals surface area contributed by atoms with Crippen molar-refractivity contribution in [3.05, 3.63) is 65.7 Å². The molecule has 2 fully saturated rings. The summed E-state index contributed by atoms with van der Waals surface area (Å²) < 4.78 is 5.02. The highest BCUT2D eigenvalue weighted by atomic mass is 16.7. The summed E-state index contributed by atoms with van der Waals surface area (Å²) in [7, 11) is 0. The van der Waals surface area contributed by atoms with E-state index in [1.807, 2.05) is 66.6 Å². The van der Waals surface area contributed by atoms with Gasteiger partial charge in [0.05, 0.1) is 30.3 Å². The number of rotatable bonds is 5. The van der Waals surface area contributed by atoms with Crippen molar-refractivity contribution in [3.8, 4) is 0 Å². The van der Waals surface area contributed by atoms with Gasteiger partial charge in [-0.1, -0.05) is 61.4 Å². The molecule has 0 saturated carbocycles. The van der Waals surface area contributed by atoms with Crippen LogP contribution in [-0.4, -0.2) is 36.2 Å². The predicted molar refractivity (Wildman–Crippen MR) is 109 cm³/mol. The number of carbonyl (C=O) groups excluding carboxylic acids is 2. The second-order valence-electron chi connectivity index (χ2n) is 7.58. The Kier molecular flexibility index (Phi) is 5.53. The van der Waals surface area contributed by atoms with Crippen molar-refractivity contribution in [2.75, 3.05) is 18.2 Å². The summed E-state index contributed by atoms with van der Waals surface area (Å²) in [6, 6.07) is 17.6. The molecule has 29 heavy (non-hydrogen) atoms. The van der Waals surface area contributed by atoms with Crippen molar-refractivity contribution in [2.24, 2.45) is 5.92 Å². The molecule has 4 rings (SSSR count). The van der Waals surface area contributed by atoms with Crippen LogP contribution in [0.2, 0.25) is 0 Å². The van der Waals surface area contributed by atoms with Gasteiger partial charge in [-0.3, -0.25) is 9.63 Å². The van der Waals surface area contributed by atoms with E-state index in [0.29, 0.717) is 6.54 Å². The van der Waals surface area contributed by atoms with Crippen LogP contribution in [0.25, 0.3) is 0 Å². The lowest BCUT2D eigenvalue weighted by atomic mass is 9.86. The molecule has 2 saturated heterocycles. The van der Waals surface area contributed by atoms with Crippen molar-refractivity contribution in [2.45, 2.75) is 38.8 Å². The van der Waals surface area contributed by atoms with E-state index in [0.717, 1.165) is 29.7 Å². The molecule has 3 atom stereocenters. The quantitative estimate of drug-likeness (QED) is 0.759. The number of carbonyl (C=O) groups is 2. The number of imide groups is 1. The highest BCUT2D eigenvalue weighted by molar-refractivity contribution is 5.95. The fourth-order valence-corrected chi connectivity index (χ4v) is 4.11. The summed E-state index contributed by atoms with van der Waals surface area (Å²) in [5.41, 5.74) is 3.03. The van der Waals surface area contributed by atoms with Gasteiger partial charge < -0.3 is 4.74 Å². The van der Waals surface area contributed by atoms with E-state index >= 15 is 0 Å². The molecule has 2 aliphatic heterocycles. The highest BCUT2D eigenvalue weighted by Gasteiger charge is 2.51. The Bertz CT molecular complexity index is 868. The zero-order chi connectivity index (χ0) is 20.4. The second-order valence-corrected chi connectivity index (χ2v) is 7.58. The molecule has 0 N–H and O–H groups in total. The summed E-state index contributed by atoms with van der Waals surface area (Å²) in [6.07, 6.45) is 0.728. The standard InChI is InChI=1S/C23H26N2O4/c1-3-7-19-20(22(26)24-14-15-28-23(24)27)21(17-12-10-16(2)11-13-17)25(29-19)18-8-5-4-6-9-18/h4-6,8-13,19-21H,3,7,14-15H2,1-2H3/t19-,20-,21-/m1/s1. The molecule has 0 bridgehead atoms. The number of nitrogens with zero attached hydrogens (tertiary/aromatic N) is 2. The Balaban J connectivity index is 1.77. The Morgan fingerprint density at radius 3 is 2.45 bits per heavy atom. The molecule has 0 aromatic heterocycles. The number of aryl methyl sites for hydroxylation is 1. The first-order valence-electron chi connectivity index (χ1n) is 10.2. The molecule has 2 aromatic rings. The van der Waals surface area contributed by atoms with Crippen LogP contribution in [0.4, 0.5) is 10.5 Å². The van der Waals surface area contributed by atoms with Gasteiger partial charge in [0.2, 0.25) is 5.91 Å². The molecule has 6 heteroatoms. The maximum atomic E-state index is 13.5. The Morgan fingerprint density at radius 1 is 1.10 bits per heavy atom. The van der Waals surface area contributed by atoms with E-state index in [1.54, 1.807) is 0 Å². The summed E-state index contributed by atoms with van der Waals surface area (Å²) in [4.78, 5) is 33.2. The van der Waals surface area contributed by atoms with Gasteiger partial charge in [-0.2, -0.15) is 0 Å². The number of para-hydroxylation sites is 1. The van der Waals surface area contributed by atoms with E-state index in [4.69, 9.17) is 9.57 Å². The van der Waals surface area contributed by atoms with Gasteiger partial charge in [0.1, 0.15) is 6.61 Å². The number of hydroxylamine groups is 1. The van der Waals surface area contributed by atoms with E-state index < -0.39 is 12.0 Å². The lowest BCUT2D eigenvalue weighted by Crippen LogP contribution is -2.42. The van der Waals surface area contributed by atoms with Gasteiger partial charge in [-0.05, 0) is 31.0 Å². The monoisotopic (exact) mass is 394 g/mol. The molecule has 2 heterocycles. The molecular weight excluding hydrogens is 368 g/mol. The maximum absolute atomic E-state index is 13.5. The smallest absolute Gasteiger partial charge is 0.416 e. The fourth-order valence-electron chi connectivity index (χ4n) is 4.11. The molecule has 2 aliphatic rings. The van der Waals surface area contributed by atoms with Crippen LogP contribution in [-0.2, 0) is 14.4 Å². The van der Waals surface area contributed by atoms with Crippen LogP contribution >= 0.6 is 0 Å². The summed E-state index contributed by atoms with van der Waals surface area (Å²) in [5.74, 6) is -0.724. The summed E-state index contributed by atoms with van der Waals surface area (Å²) in [5, 5.41) is 1.84. The number of anilines is 1. The Hall–Kier alpha value is -2.86. The van der Waals surface area contributed by atoms with Crippen LogP contribution in [0, 0.1) is 12.8 Å². The average Bonchev–Trinajstić information content (AvgIpc) is 3.33. The van der Waals surface area contributed by atoms with Crippen LogP contribution in [0.1, 0.15) is 36.9 Å². The van der Waals surface area contributed by atoms with Crippen molar-refractivity contribution >= 4 is 17.7 Å². The van der Waals surface area contributed by atoms with E-state index in [-0.39, 0.29) is 24.7 Å². The zero-order valence-electron chi connectivity index (χ0n) is 16.8. The Labute approximate surface area is 171 Å². The van der Waals surface area contributed by atoms with Gasteiger partial charge in [0.25, 0.3) is 0 Å². The van der Waals surface area contributed by atoms with Crippen LogP contribution < -0.4 is 5.06 Å². The predicted octanol–water partition coefficient (Wildman–Crippen LogP) is 4.25. The minimum absolute atomic E-state index is 0.227. The maximum Gasteiger partial charge on any atom is 0.416 e. The molecule has 6 nitrogen and oxygen atoms in total. The number of ether oxygens (including phenoxy) is 1. The van der Waals surface area contributed by atoms with Crippen LogP contribution in [0.15, 0.2) is 54.6 Å². The zero-order valence-corrected chi connectivity index (χ0v) is 16.8. The third-order valence-electron chi connectivity index (χ3n) is 5.56. The van der Waals surface area contributed by atoms with E-state index in [1.165, 1.54) is 4.90 Å². The molecule has 0 aliphatic carbocycles. The molecule has 152 valence electrons. The molecule has 2 aromatic carbocycles. The summed E-state index contributed by atoms with van der Waals surface area (Å²) >= 11 is 0. The van der Waals surface area contributed by atoms with Crippen molar-refractivity contribution < 1.29 is 19.2 Å². The SMILES string of the molecule is CCC[C@H]1ON(c2ccccc2)[C@H](c2ccc(C)cc2)[C@@H]1C(=O)N1CCOC1=O. The van der Waals surface area contributed by atoms with Crippen molar-refractivity contribution in [1.82, 2.24) is 4.90 Å². The lowest BCUT2D eigenvalue weighted by Gasteiger charge is -2.28. The fraction of sp³-hybridized carbons (Fsp3) is 0.391. The topological polar surface area (TPSA) is 59.1 Å². The number of benzene rings is 2. The van der Waals surface area contributed by atoms with Crippen molar-refractivity contribution in [3.63, 3.8) is 0 Å². The first-order chi connectivity index (χ1) is 14.1. The van der Waals surface area contributed by atoms with Gasteiger partial charge in [-0.25, -0.2) is 14.8 Å². The minimum Gasteiger partial charge on any atom is -0.447 e. The minimum atomic E-state index is -0.564. The van der Waals surface area contributed by atoms with Crippen LogP contribution in [0.5, 0.6) is 0 Å². The van der Waals surface area contributed by atoms with E-state index in [2.05, 4.69) is 6.92 Å². The molecule has 0 unspecified atom stereocenters. The largest absolute Gasteiger partial charge is 0.447 e. The lowest BCUT2D eigenvalue weighted by molar-refractivity contribution is -0.134. The highest BCUT2D eigenvalue weighted by Crippen LogP contribution is 2.44. The normalized spacial score (nSPS) is 24.1. The second kappa shape index (κ2) is 8.25.